The molecule has 0 spiro atoms. The Morgan fingerprint density at radius 3 is 2.44 bits per heavy atom. The standard InChI is InChI=1S/C18H14F3NO3/c1-11-5-7-13(8-6-11)22-15(10-16(23)17(22)24)12-3-2-4-14(9-12)25-18(19,20)21/h2-10,15,23H,1H3. The number of alkyl halides is 3. The molecule has 1 heterocycles. The molecular formula is C18H14F3NO3. The van der Waals surface area contributed by atoms with Gasteiger partial charge in [-0.3, -0.25) is 9.69 Å². The number of amides is 1. The summed E-state index contributed by atoms with van der Waals surface area (Å²) in [5.74, 6) is -1.45. The number of aliphatic hydroxyl groups excluding tert-OH is 1. The monoisotopic (exact) mass is 349 g/mol. The van der Waals surface area contributed by atoms with Crippen molar-refractivity contribution in [1.82, 2.24) is 0 Å². The van der Waals surface area contributed by atoms with Crippen LogP contribution >= 0.6 is 0 Å². The number of carbonyl (C=O) groups excluding carboxylic acids is 1. The highest BCUT2D eigenvalue weighted by atomic mass is 19.4. The van der Waals surface area contributed by atoms with Crippen molar-refractivity contribution in [3.8, 4) is 5.75 Å². The second-order valence-electron chi connectivity index (χ2n) is 5.63. The van der Waals surface area contributed by atoms with Gasteiger partial charge in [-0.15, -0.1) is 13.2 Å². The fourth-order valence-electron chi connectivity index (χ4n) is 2.67. The zero-order valence-corrected chi connectivity index (χ0v) is 13.1. The summed E-state index contributed by atoms with van der Waals surface area (Å²) in [4.78, 5) is 13.6. The number of halogens is 3. The lowest BCUT2D eigenvalue weighted by Crippen LogP contribution is -2.29. The van der Waals surface area contributed by atoms with Gasteiger partial charge in [-0.1, -0.05) is 29.8 Å². The molecular weight excluding hydrogens is 335 g/mol. The molecule has 1 aliphatic heterocycles. The molecule has 2 aromatic carbocycles. The number of aryl methyl sites for hydroxylation is 1. The van der Waals surface area contributed by atoms with Crippen LogP contribution in [0.2, 0.25) is 0 Å². The maximum atomic E-state index is 12.4. The normalized spacial score (nSPS) is 17.6. The molecule has 25 heavy (non-hydrogen) atoms. The lowest BCUT2D eigenvalue weighted by atomic mass is 10.1. The minimum absolute atomic E-state index is 0.388. The largest absolute Gasteiger partial charge is 0.573 e. The molecule has 1 aliphatic rings. The molecule has 1 atom stereocenters. The van der Waals surface area contributed by atoms with E-state index in [1.165, 1.54) is 29.2 Å². The van der Waals surface area contributed by atoms with Gasteiger partial charge in [-0.05, 0) is 42.8 Å². The Hall–Kier alpha value is -2.96. The third-order valence-electron chi connectivity index (χ3n) is 3.78. The number of hydrogen-bond donors (Lipinski definition) is 1. The molecule has 1 amide bonds. The van der Waals surface area contributed by atoms with Crippen molar-refractivity contribution in [2.24, 2.45) is 0 Å². The van der Waals surface area contributed by atoms with Gasteiger partial charge in [0.2, 0.25) is 0 Å². The molecule has 1 unspecified atom stereocenters. The summed E-state index contributed by atoms with van der Waals surface area (Å²) in [5, 5.41) is 9.83. The van der Waals surface area contributed by atoms with Gasteiger partial charge < -0.3 is 9.84 Å². The van der Waals surface area contributed by atoms with Crippen molar-refractivity contribution in [1.29, 1.82) is 0 Å². The smallest absolute Gasteiger partial charge is 0.503 e. The van der Waals surface area contributed by atoms with Gasteiger partial charge >= 0.3 is 6.36 Å². The van der Waals surface area contributed by atoms with Crippen LogP contribution in [0.3, 0.4) is 0 Å². The first-order valence-electron chi connectivity index (χ1n) is 7.41. The number of rotatable bonds is 3. The van der Waals surface area contributed by atoms with E-state index < -0.39 is 24.1 Å². The minimum atomic E-state index is -4.81. The molecule has 3 rings (SSSR count). The molecule has 4 nitrogen and oxygen atoms in total. The number of ether oxygens (including phenoxy) is 1. The third kappa shape index (κ3) is 3.60. The van der Waals surface area contributed by atoms with E-state index in [1.807, 2.05) is 6.92 Å². The third-order valence-corrected chi connectivity index (χ3v) is 3.78. The van der Waals surface area contributed by atoms with Crippen molar-refractivity contribution in [2.45, 2.75) is 19.3 Å². The summed E-state index contributed by atoms with van der Waals surface area (Å²) in [7, 11) is 0. The lowest BCUT2D eigenvalue weighted by molar-refractivity contribution is -0.274. The predicted molar refractivity (Wildman–Crippen MR) is 85.2 cm³/mol. The molecule has 0 radical (unpaired) electrons. The first-order valence-corrected chi connectivity index (χ1v) is 7.41. The maximum absolute atomic E-state index is 12.4. The van der Waals surface area contributed by atoms with Gasteiger partial charge in [0.05, 0.1) is 6.04 Å². The zero-order valence-electron chi connectivity index (χ0n) is 13.1. The highest BCUT2D eigenvalue weighted by Gasteiger charge is 2.35. The van der Waals surface area contributed by atoms with E-state index in [9.17, 15) is 23.1 Å². The Kier molecular flexibility index (Phi) is 4.16. The van der Waals surface area contributed by atoms with Crippen LogP contribution in [0.5, 0.6) is 5.75 Å². The zero-order chi connectivity index (χ0) is 18.2. The fourth-order valence-corrected chi connectivity index (χ4v) is 2.67. The van der Waals surface area contributed by atoms with Gasteiger partial charge in [0.1, 0.15) is 5.75 Å². The van der Waals surface area contributed by atoms with Crippen LogP contribution in [0.15, 0.2) is 60.4 Å². The molecule has 0 saturated carbocycles. The van der Waals surface area contributed by atoms with Crippen LogP contribution in [0.4, 0.5) is 18.9 Å². The van der Waals surface area contributed by atoms with Crippen LogP contribution in [-0.4, -0.2) is 17.4 Å². The first kappa shape index (κ1) is 16.9. The Morgan fingerprint density at radius 2 is 1.80 bits per heavy atom. The van der Waals surface area contributed by atoms with Gasteiger partial charge in [0, 0.05) is 5.69 Å². The van der Waals surface area contributed by atoms with Gasteiger partial charge in [-0.25, -0.2) is 0 Å². The van der Waals surface area contributed by atoms with E-state index >= 15 is 0 Å². The number of nitrogens with zero attached hydrogens (tertiary/aromatic N) is 1. The molecule has 0 fully saturated rings. The number of aliphatic hydroxyl groups is 1. The van der Waals surface area contributed by atoms with Crippen molar-refractivity contribution < 1.29 is 27.8 Å². The topological polar surface area (TPSA) is 49.8 Å². The van der Waals surface area contributed by atoms with Crippen molar-refractivity contribution in [3.63, 3.8) is 0 Å². The summed E-state index contributed by atoms with van der Waals surface area (Å²) in [5.41, 5.74) is 1.91. The van der Waals surface area contributed by atoms with Crippen LogP contribution in [0, 0.1) is 6.92 Å². The molecule has 7 heteroatoms. The fraction of sp³-hybridized carbons (Fsp3) is 0.167. The Labute approximate surface area is 141 Å². The summed E-state index contributed by atoms with van der Waals surface area (Å²) in [6.07, 6.45) is -3.51. The molecule has 130 valence electrons. The summed E-state index contributed by atoms with van der Waals surface area (Å²) >= 11 is 0. The average Bonchev–Trinajstić information content (AvgIpc) is 2.83. The molecule has 1 N–H and O–H groups in total. The SMILES string of the molecule is Cc1ccc(N2C(=O)C(O)=CC2c2cccc(OC(F)(F)F)c2)cc1. The van der Waals surface area contributed by atoms with E-state index in [4.69, 9.17) is 0 Å². The van der Waals surface area contributed by atoms with E-state index in [0.29, 0.717) is 11.3 Å². The second kappa shape index (κ2) is 6.16. The number of carbonyl (C=O) groups is 1. The van der Waals surface area contributed by atoms with Crippen molar-refractivity contribution in [2.75, 3.05) is 4.90 Å². The number of anilines is 1. The van der Waals surface area contributed by atoms with Crippen LogP contribution in [0.25, 0.3) is 0 Å². The average molecular weight is 349 g/mol. The Balaban J connectivity index is 1.98. The van der Waals surface area contributed by atoms with Crippen LogP contribution in [0.1, 0.15) is 17.2 Å². The number of benzene rings is 2. The summed E-state index contributed by atoms with van der Waals surface area (Å²) in [6.45, 7) is 1.89. The second-order valence-corrected chi connectivity index (χ2v) is 5.63. The molecule has 0 bridgehead atoms. The minimum Gasteiger partial charge on any atom is -0.503 e. The van der Waals surface area contributed by atoms with Gasteiger partial charge in [0.15, 0.2) is 5.76 Å². The summed E-state index contributed by atoms with van der Waals surface area (Å²) < 4.78 is 41.2. The van der Waals surface area contributed by atoms with Crippen molar-refractivity contribution in [3.05, 3.63) is 71.5 Å². The predicted octanol–water partition coefficient (Wildman–Crippen LogP) is 4.42. The molecule has 0 aromatic heterocycles. The first-order chi connectivity index (χ1) is 11.7. The van der Waals surface area contributed by atoms with Gasteiger partial charge in [-0.2, -0.15) is 0 Å². The van der Waals surface area contributed by atoms with E-state index in [1.54, 1.807) is 30.3 Å². The Bertz CT molecular complexity index is 828. The quantitative estimate of drug-likeness (QED) is 0.892. The van der Waals surface area contributed by atoms with E-state index in [2.05, 4.69) is 4.74 Å². The van der Waals surface area contributed by atoms with Crippen LogP contribution in [-0.2, 0) is 4.79 Å². The number of hydrogen-bond acceptors (Lipinski definition) is 3. The van der Waals surface area contributed by atoms with Crippen LogP contribution < -0.4 is 9.64 Å². The highest BCUT2D eigenvalue weighted by Crippen LogP contribution is 2.36. The maximum Gasteiger partial charge on any atom is 0.573 e. The molecule has 0 aliphatic carbocycles. The Morgan fingerprint density at radius 1 is 1.12 bits per heavy atom. The van der Waals surface area contributed by atoms with E-state index in [-0.39, 0.29) is 5.75 Å². The van der Waals surface area contributed by atoms with Gasteiger partial charge in [0.25, 0.3) is 5.91 Å². The molecule has 0 saturated heterocycles. The molecule has 2 aromatic rings. The van der Waals surface area contributed by atoms with Crippen molar-refractivity contribution >= 4 is 11.6 Å². The summed E-state index contributed by atoms with van der Waals surface area (Å²) in [6, 6.07) is 11.6. The lowest BCUT2D eigenvalue weighted by Gasteiger charge is -2.25. The van der Waals surface area contributed by atoms with E-state index in [0.717, 1.165) is 5.56 Å². The highest BCUT2D eigenvalue weighted by molar-refractivity contribution is 6.07.